The molecule has 0 aromatic carbocycles. The van der Waals surface area contributed by atoms with Gasteiger partial charge in [-0.05, 0) is 12.1 Å². The fourth-order valence-electron chi connectivity index (χ4n) is 0.386. The number of esters is 1. The summed E-state index contributed by atoms with van der Waals surface area (Å²) in [7, 11) is -2.94. The molecule has 0 fully saturated rings. The van der Waals surface area contributed by atoms with E-state index in [1.54, 1.807) is 0 Å². The fourth-order valence-corrected chi connectivity index (χ4v) is 0.894. The van der Waals surface area contributed by atoms with Crippen molar-refractivity contribution in [3.8, 4) is 0 Å². The molecular formula is C6H5FO2S. The SMILES string of the molecule is [2H]c1c(F)sc(C(=O)OC([2H])([2H])[2H])c1[2H]. The molecule has 10 heavy (non-hydrogen) atoms. The maximum absolute atomic E-state index is 12.8. The number of hydrogen-bond acceptors (Lipinski definition) is 3. The number of halogens is 1. The van der Waals surface area contributed by atoms with Crippen LogP contribution in [0.1, 0.15) is 16.5 Å². The highest BCUT2D eigenvalue weighted by Crippen LogP contribution is 2.14. The van der Waals surface area contributed by atoms with Crippen LogP contribution in [0.3, 0.4) is 0 Å². The van der Waals surface area contributed by atoms with E-state index in [9.17, 15) is 9.18 Å². The van der Waals surface area contributed by atoms with Crippen molar-refractivity contribution >= 4 is 17.3 Å². The standard InChI is InChI=1S/C6H5FO2S/c1-9-6(8)4-2-3-5(7)10-4/h2-3H,1H3/i1D3,2D,3D. The predicted molar refractivity (Wildman–Crippen MR) is 35.6 cm³/mol. The van der Waals surface area contributed by atoms with Gasteiger partial charge in [-0.25, -0.2) is 4.79 Å². The molecule has 1 heterocycles. The quantitative estimate of drug-likeness (QED) is 0.592. The molecule has 1 rings (SSSR count). The first-order valence-corrected chi connectivity index (χ1v) is 3.03. The molecule has 0 saturated heterocycles. The highest BCUT2D eigenvalue weighted by Gasteiger charge is 2.07. The molecule has 0 bridgehead atoms. The van der Waals surface area contributed by atoms with Gasteiger partial charge in [0.25, 0.3) is 0 Å². The lowest BCUT2D eigenvalue weighted by Crippen LogP contribution is -1.96. The Bertz CT molecular complexity index is 399. The Morgan fingerprint density at radius 1 is 2.00 bits per heavy atom. The Hall–Kier alpha value is -0.900. The van der Waals surface area contributed by atoms with E-state index in [4.69, 9.17) is 6.85 Å². The second-order valence-electron chi connectivity index (χ2n) is 1.34. The lowest BCUT2D eigenvalue weighted by atomic mass is 10.5. The molecule has 0 aliphatic carbocycles. The normalized spacial score (nSPS) is 17.9. The minimum Gasteiger partial charge on any atom is -0.465 e. The minimum absolute atomic E-state index is 0.224. The van der Waals surface area contributed by atoms with Crippen molar-refractivity contribution in [2.75, 3.05) is 7.04 Å². The molecule has 1 aromatic rings. The van der Waals surface area contributed by atoms with E-state index in [1.165, 1.54) is 0 Å². The molecule has 0 unspecified atom stereocenters. The average molecular weight is 165 g/mol. The van der Waals surface area contributed by atoms with Crippen LogP contribution in [0.5, 0.6) is 0 Å². The van der Waals surface area contributed by atoms with Crippen molar-refractivity contribution in [1.29, 1.82) is 0 Å². The average Bonchev–Trinajstić information content (AvgIpc) is 2.30. The predicted octanol–water partition coefficient (Wildman–Crippen LogP) is 1.67. The van der Waals surface area contributed by atoms with Gasteiger partial charge in [-0.15, -0.1) is 0 Å². The Morgan fingerprint density at radius 2 is 2.80 bits per heavy atom. The van der Waals surface area contributed by atoms with Gasteiger partial charge in [0.1, 0.15) is 4.88 Å². The van der Waals surface area contributed by atoms with Gasteiger partial charge in [-0.3, -0.25) is 0 Å². The van der Waals surface area contributed by atoms with Crippen LogP contribution in [0.15, 0.2) is 12.1 Å². The van der Waals surface area contributed by atoms with Crippen LogP contribution in [0.4, 0.5) is 4.39 Å². The summed E-state index contributed by atoms with van der Waals surface area (Å²) < 4.78 is 50.8. The van der Waals surface area contributed by atoms with Gasteiger partial charge in [-0.1, -0.05) is 11.3 Å². The van der Waals surface area contributed by atoms with E-state index >= 15 is 0 Å². The van der Waals surface area contributed by atoms with Crippen LogP contribution in [0, 0.1) is 5.13 Å². The third kappa shape index (κ3) is 1.33. The molecular weight excluding hydrogens is 155 g/mol. The van der Waals surface area contributed by atoms with Crippen LogP contribution >= 0.6 is 11.3 Å². The number of thiophene rings is 1. The van der Waals surface area contributed by atoms with Crippen LogP contribution in [0.25, 0.3) is 0 Å². The first-order chi connectivity index (χ1) is 6.72. The Labute approximate surface area is 68.3 Å². The molecule has 0 radical (unpaired) electrons. The first-order valence-electron chi connectivity index (χ1n) is 4.71. The van der Waals surface area contributed by atoms with Gasteiger partial charge in [0, 0.05) is 0 Å². The zero-order valence-electron chi connectivity index (χ0n) is 9.60. The summed E-state index contributed by atoms with van der Waals surface area (Å²) in [5, 5.41) is -1.02. The number of rotatable bonds is 1. The summed E-state index contributed by atoms with van der Waals surface area (Å²) in [6, 6.07) is -1.40. The lowest BCUT2D eigenvalue weighted by molar-refractivity contribution is 0.0606. The number of carbonyl (C=O) groups is 1. The van der Waals surface area contributed by atoms with Gasteiger partial charge in [0.15, 0.2) is 5.13 Å². The number of hydrogen-bond donors (Lipinski definition) is 0. The molecule has 0 amide bonds. The maximum Gasteiger partial charge on any atom is 0.348 e. The van der Waals surface area contributed by atoms with Crippen LogP contribution < -0.4 is 0 Å². The van der Waals surface area contributed by atoms with Crippen LogP contribution in [-0.4, -0.2) is 13.0 Å². The Kier molecular flexibility index (Phi) is 0.838. The van der Waals surface area contributed by atoms with E-state index < -0.39 is 35.1 Å². The highest BCUT2D eigenvalue weighted by molar-refractivity contribution is 7.12. The second kappa shape index (κ2) is 2.79. The molecule has 0 atom stereocenters. The van der Waals surface area contributed by atoms with E-state index in [-0.39, 0.29) is 11.3 Å². The zero-order valence-corrected chi connectivity index (χ0v) is 5.42. The maximum atomic E-state index is 12.8. The number of methoxy groups -OCH3 is 1. The summed E-state index contributed by atoms with van der Waals surface area (Å²) in [6.45, 7) is 0. The monoisotopic (exact) mass is 165 g/mol. The topological polar surface area (TPSA) is 26.3 Å². The molecule has 1 aromatic heterocycles. The molecule has 0 aliphatic rings. The largest absolute Gasteiger partial charge is 0.465 e. The summed E-state index contributed by atoms with van der Waals surface area (Å²) in [6.07, 6.45) is 0. The second-order valence-corrected chi connectivity index (χ2v) is 2.32. The molecule has 2 nitrogen and oxygen atoms in total. The fraction of sp³-hybridized carbons (Fsp3) is 0.167. The molecule has 54 valence electrons. The van der Waals surface area contributed by atoms with Gasteiger partial charge in [0.05, 0.1) is 13.9 Å². The smallest absolute Gasteiger partial charge is 0.348 e. The summed E-state index contributed by atoms with van der Waals surface area (Å²) in [5.74, 6) is -1.32. The Morgan fingerprint density at radius 3 is 3.30 bits per heavy atom. The first kappa shape index (κ1) is 3.00. The van der Waals surface area contributed by atoms with Crippen molar-refractivity contribution in [3.05, 3.63) is 22.1 Å². The number of carbonyl (C=O) groups excluding carboxylic acids is 1. The van der Waals surface area contributed by atoms with E-state index in [2.05, 4.69) is 4.74 Å². The zero-order chi connectivity index (χ0) is 11.8. The lowest BCUT2D eigenvalue weighted by Gasteiger charge is -1.90. The molecule has 0 N–H and O–H groups in total. The summed E-state index contributed by atoms with van der Waals surface area (Å²) in [5.41, 5.74) is 0. The van der Waals surface area contributed by atoms with Gasteiger partial charge in [0.2, 0.25) is 0 Å². The Balaban J connectivity index is 2.98. The van der Waals surface area contributed by atoms with E-state index in [0.29, 0.717) is 0 Å². The molecule has 0 saturated carbocycles. The van der Waals surface area contributed by atoms with Crippen LogP contribution in [0.2, 0.25) is 0 Å². The molecule has 0 spiro atoms. The van der Waals surface area contributed by atoms with Gasteiger partial charge < -0.3 is 4.74 Å². The van der Waals surface area contributed by atoms with Crippen molar-refractivity contribution in [3.63, 3.8) is 0 Å². The third-order valence-electron chi connectivity index (χ3n) is 0.744. The van der Waals surface area contributed by atoms with Gasteiger partial charge in [-0.2, -0.15) is 4.39 Å². The number of ether oxygens (including phenoxy) is 1. The molecule has 4 heteroatoms. The van der Waals surface area contributed by atoms with Crippen LogP contribution in [-0.2, 0) is 4.74 Å². The van der Waals surface area contributed by atoms with Crippen molar-refractivity contribution in [2.24, 2.45) is 0 Å². The highest BCUT2D eigenvalue weighted by atomic mass is 32.1. The molecule has 0 aliphatic heterocycles. The van der Waals surface area contributed by atoms with E-state index in [1.807, 2.05) is 0 Å². The third-order valence-corrected chi connectivity index (χ3v) is 1.50. The summed E-state index contributed by atoms with van der Waals surface area (Å²) >= 11 is 0.224. The van der Waals surface area contributed by atoms with Gasteiger partial charge >= 0.3 is 5.97 Å². The summed E-state index contributed by atoms with van der Waals surface area (Å²) in [4.78, 5) is 10.6. The van der Waals surface area contributed by atoms with E-state index in [0.717, 1.165) is 0 Å². The van der Waals surface area contributed by atoms with Crippen molar-refractivity contribution in [2.45, 2.75) is 0 Å². The minimum atomic E-state index is -2.94. The van der Waals surface area contributed by atoms with Crippen molar-refractivity contribution < 1.29 is 20.8 Å². The van der Waals surface area contributed by atoms with Crippen molar-refractivity contribution in [1.82, 2.24) is 0 Å².